The van der Waals surface area contributed by atoms with Crippen molar-refractivity contribution in [1.82, 2.24) is 9.55 Å². The third kappa shape index (κ3) is 1.70. The van der Waals surface area contributed by atoms with Gasteiger partial charge in [-0.3, -0.25) is 0 Å². The van der Waals surface area contributed by atoms with Crippen LogP contribution in [0.5, 0.6) is 0 Å². The second-order valence-corrected chi connectivity index (χ2v) is 3.56. The predicted molar refractivity (Wildman–Crippen MR) is 54.8 cm³/mol. The zero-order chi connectivity index (χ0) is 11.9. The number of aryl methyl sites for hydroxylation is 1. The van der Waals surface area contributed by atoms with Gasteiger partial charge in [-0.25, -0.2) is 18.2 Å². The Morgan fingerprint density at radius 2 is 2.12 bits per heavy atom. The highest BCUT2D eigenvalue weighted by Gasteiger charge is 2.14. The molecule has 2 N–H and O–H groups in total. The number of hydrogen-bond donors (Lipinski definition) is 1. The van der Waals surface area contributed by atoms with Crippen LogP contribution in [0.2, 0.25) is 0 Å². The minimum Gasteiger partial charge on any atom is -0.369 e. The lowest BCUT2D eigenvalue weighted by atomic mass is 10.2. The fourth-order valence-corrected chi connectivity index (χ4v) is 1.60. The molecule has 0 saturated heterocycles. The molecule has 3 nitrogen and oxygen atoms in total. The van der Waals surface area contributed by atoms with Crippen molar-refractivity contribution in [2.24, 2.45) is 0 Å². The average Bonchev–Trinajstić information content (AvgIpc) is 2.45. The molecule has 2 rings (SSSR count). The van der Waals surface area contributed by atoms with Gasteiger partial charge >= 0.3 is 0 Å². The molecular weight excluding hydrogens is 219 g/mol. The number of nitrogens with zero attached hydrogens (tertiary/aromatic N) is 2. The van der Waals surface area contributed by atoms with E-state index in [0.29, 0.717) is 16.6 Å². The number of rotatable bonds is 2. The summed E-state index contributed by atoms with van der Waals surface area (Å²) in [7, 11) is 0. The van der Waals surface area contributed by atoms with Crippen LogP contribution < -0.4 is 5.73 Å². The van der Waals surface area contributed by atoms with Crippen LogP contribution in [-0.4, -0.2) is 16.0 Å². The smallest absolute Gasteiger partial charge is 0.256 e. The fraction of sp³-hybridized carbons (Fsp3) is 0.300. The van der Waals surface area contributed by atoms with Gasteiger partial charge in [0.15, 0.2) is 0 Å². The predicted octanol–water partition coefficient (Wildman–Crippen LogP) is 2.33. The van der Waals surface area contributed by atoms with Gasteiger partial charge in [-0.2, -0.15) is 0 Å². The number of halogens is 3. The molecule has 1 aromatic carbocycles. The second-order valence-electron chi connectivity index (χ2n) is 3.56. The molecule has 86 valence electrons. The highest BCUT2D eigenvalue weighted by Crippen LogP contribution is 2.22. The number of imidazole rings is 1. The molecule has 0 saturated carbocycles. The summed E-state index contributed by atoms with van der Waals surface area (Å²) >= 11 is 0. The zero-order valence-electron chi connectivity index (χ0n) is 8.54. The van der Waals surface area contributed by atoms with E-state index < -0.39 is 18.8 Å². The van der Waals surface area contributed by atoms with Crippen molar-refractivity contribution >= 4 is 17.0 Å². The maximum absolute atomic E-state index is 13.2. The first-order chi connectivity index (χ1) is 7.49. The van der Waals surface area contributed by atoms with Crippen molar-refractivity contribution in [3.63, 3.8) is 0 Å². The number of aromatic nitrogens is 2. The molecule has 2 aromatic rings. The molecule has 0 aliphatic rings. The van der Waals surface area contributed by atoms with Crippen molar-refractivity contribution in [3.8, 4) is 0 Å². The maximum atomic E-state index is 13.2. The van der Waals surface area contributed by atoms with E-state index in [-0.39, 0.29) is 5.95 Å². The SMILES string of the molecule is Cc1cc2c(cc1F)nc(N)n2CC(F)F. The summed E-state index contributed by atoms with van der Waals surface area (Å²) in [6, 6.07) is 2.67. The molecule has 0 aliphatic heterocycles. The highest BCUT2D eigenvalue weighted by atomic mass is 19.3. The van der Waals surface area contributed by atoms with Gasteiger partial charge in [0.2, 0.25) is 5.95 Å². The van der Waals surface area contributed by atoms with Gasteiger partial charge in [0.25, 0.3) is 6.43 Å². The molecule has 16 heavy (non-hydrogen) atoms. The molecule has 0 unspecified atom stereocenters. The minimum absolute atomic E-state index is 0.0275. The normalized spacial score (nSPS) is 11.6. The topological polar surface area (TPSA) is 43.8 Å². The summed E-state index contributed by atoms with van der Waals surface area (Å²) in [4.78, 5) is 3.84. The minimum atomic E-state index is -2.52. The van der Waals surface area contributed by atoms with E-state index in [1.54, 1.807) is 6.92 Å². The van der Waals surface area contributed by atoms with Crippen LogP contribution in [0, 0.1) is 12.7 Å². The number of benzene rings is 1. The molecular formula is C10H10F3N3. The molecule has 1 heterocycles. The van der Waals surface area contributed by atoms with E-state index in [0.717, 1.165) is 0 Å². The number of nitrogen functional groups attached to an aromatic ring is 1. The molecule has 0 fully saturated rings. The zero-order valence-corrected chi connectivity index (χ0v) is 8.54. The van der Waals surface area contributed by atoms with Crippen LogP contribution in [-0.2, 0) is 6.54 Å². The third-order valence-electron chi connectivity index (χ3n) is 2.38. The van der Waals surface area contributed by atoms with Gasteiger partial charge in [-0.05, 0) is 18.6 Å². The number of nitrogens with two attached hydrogens (primary N) is 1. The van der Waals surface area contributed by atoms with Crippen LogP contribution in [0.3, 0.4) is 0 Å². The van der Waals surface area contributed by atoms with E-state index in [1.807, 2.05) is 0 Å². The standard InChI is InChI=1S/C10H10F3N3/c1-5-2-8-7(3-6(5)11)15-10(14)16(8)4-9(12)13/h2-3,9H,4H2,1H3,(H2,14,15). The summed E-state index contributed by atoms with van der Waals surface area (Å²) in [5.41, 5.74) is 6.60. The summed E-state index contributed by atoms with van der Waals surface area (Å²) in [6.07, 6.45) is -2.52. The maximum Gasteiger partial charge on any atom is 0.256 e. The van der Waals surface area contributed by atoms with Crippen molar-refractivity contribution in [1.29, 1.82) is 0 Å². The van der Waals surface area contributed by atoms with E-state index in [2.05, 4.69) is 4.98 Å². The number of alkyl halides is 2. The van der Waals surface area contributed by atoms with Crippen molar-refractivity contribution in [2.75, 3.05) is 5.73 Å². The Morgan fingerprint density at radius 3 is 2.75 bits per heavy atom. The first kappa shape index (κ1) is 10.8. The Kier molecular flexibility index (Phi) is 2.49. The molecule has 1 aromatic heterocycles. The Balaban J connectivity index is 2.64. The van der Waals surface area contributed by atoms with E-state index in [1.165, 1.54) is 16.7 Å². The Hall–Kier alpha value is -1.72. The third-order valence-corrected chi connectivity index (χ3v) is 2.38. The van der Waals surface area contributed by atoms with E-state index in [9.17, 15) is 13.2 Å². The molecule has 0 spiro atoms. The van der Waals surface area contributed by atoms with Crippen molar-refractivity contribution < 1.29 is 13.2 Å². The van der Waals surface area contributed by atoms with Crippen molar-refractivity contribution in [3.05, 3.63) is 23.5 Å². The quantitative estimate of drug-likeness (QED) is 0.858. The van der Waals surface area contributed by atoms with Gasteiger partial charge in [0.1, 0.15) is 5.82 Å². The van der Waals surface area contributed by atoms with Crippen LogP contribution >= 0.6 is 0 Å². The first-order valence-electron chi connectivity index (χ1n) is 4.69. The number of hydrogen-bond acceptors (Lipinski definition) is 2. The molecule has 0 aliphatic carbocycles. The van der Waals surface area contributed by atoms with E-state index >= 15 is 0 Å². The molecule has 0 bridgehead atoms. The lowest BCUT2D eigenvalue weighted by Crippen LogP contribution is -2.09. The van der Waals surface area contributed by atoms with Crippen LogP contribution in [0.4, 0.5) is 19.1 Å². The lowest BCUT2D eigenvalue weighted by Gasteiger charge is -2.05. The summed E-state index contributed by atoms with van der Waals surface area (Å²) in [6.45, 7) is 1.03. The summed E-state index contributed by atoms with van der Waals surface area (Å²) < 4.78 is 39.0. The average molecular weight is 229 g/mol. The van der Waals surface area contributed by atoms with Crippen LogP contribution in [0.1, 0.15) is 5.56 Å². The Morgan fingerprint density at radius 1 is 1.44 bits per heavy atom. The van der Waals surface area contributed by atoms with Crippen LogP contribution in [0.15, 0.2) is 12.1 Å². The monoisotopic (exact) mass is 229 g/mol. The van der Waals surface area contributed by atoms with E-state index in [4.69, 9.17) is 5.73 Å². The molecule has 6 heteroatoms. The van der Waals surface area contributed by atoms with Gasteiger partial charge in [0.05, 0.1) is 17.6 Å². The number of fused-ring (bicyclic) bond motifs is 1. The van der Waals surface area contributed by atoms with Crippen molar-refractivity contribution in [2.45, 2.75) is 19.9 Å². The van der Waals surface area contributed by atoms with Gasteiger partial charge in [-0.1, -0.05) is 0 Å². The molecule has 0 amide bonds. The van der Waals surface area contributed by atoms with Gasteiger partial charge in [-0.15, -0.1) is 0 Å². The summed E-state index contributed by atoms with van der Waals surface area (Å²) in [5.74, 6) is -0.450. The molecule has 0 atom stereocenters. The fourth-order valence-electron chi connectivity index (χ4n) is 1.60. The Labute approximate surface area is 89.7 Å². The number of anilines is 1. The Bertz CT molecular complexity index is 534. The second kappa shape index (κ2) is 3.70. The highest BCUT2D eigenvalue weighted by molar-refractivity contribution is 5.79. The van der Waals surface area contributed by atoms with Gasteiger partial charge < -0.3 is 10.3 Å². The van der Waals surface area contributed by atoms with Gasteiger partial charge in [0, 0.05) is 6.07 Å². The first-order valence-corrected chi connectivity index (χ1v) is 4.69. The lowest BCUT2D eigenvalue weighted by molar-refractivity contribution is 0.128. The molecule has 0 radical (unpaired) electrons. The summed E-state index contributed by atoms with van der Waals surface area (Å²) in [5, 5.41) is 0. The van der Waals surface area contributed by atoms with Crippen LogP contribution in [0.25, 0.3) is 11.0 Å². The largest absolute Gasteiger partial charge is 0.369 e.